The van der Waals surface area contributed by atoms with Gasteiger partial charge < -0.3 is 9.45 Å². The average molecular weight is 289 g/mol. The summed E-state index contributed by atoms with van der Waals surface area (Å²) >= 11 is -1.09. The monoisotopic (exact) mass is 289 g/mol. The molecule has 7 heteroatoms. The van der Waals surface area contributed by atoms with Crippen LogP contribution in [-0.4, -0.2) is 65.3 Å². The predicted molar refractivity (Wildman–Crippen MR) is 90.9 cm³/mol. The second-order valence-electron chi connectivity index (χ2n) is 6.28. The van der Waals surface area contributed by atoms with Gasteiger partial charge in [0, 0.05) is 31.8 Å². The molecule has 3 rings (SSSR count). The van der Waals surface area contributed by atoms with Gasteiger partial charge in [-0.25, -0.2) is 0 Å². The maximum absolute atomic E-state index is 11.8. The quantitative estimate of drug-likeness (QED) is 0.443. The summed E-state index contributed by atoms with van der Waals surface area (Å²) < 4.78 is 15.7. The van der Waals surface area contributed by atoms with Crippen molar-refractivity contribution in [2.45, 2.75) is 44.8 Å². The lowest BCUT2D eigenvalue weighted by molar-refractivity contribution is 0.0552. The number of nitrogens with zero attached hydrogens (tertiary/aromatic N) is 2. The summed E-state index contributed by atoms with van der Waals surface area (Å²) in [4.78, 5) is 2.55. The lowest BCUT2D eigenvalue weighted by Gasteiger charge is -2.44. The Labute approximate surface area is 133 Å². The van der Waals surface area contributed by atoms with Gasteiger partial charge in [0.05, 0.1) is 6.21 Å². The van der Waals surface area contributed by atoms with Gasteiger partial charge in [-0.2, -0.15) is 0 Å². The second kappa shape index (κ2) is 9.21. The fourth-order valence-corrected chi connectivity index (χ4v) is 3.30. The Balaban J connectivity index is 0. The van der Waals surface area contributed by atoms with Crippen LogP contribution in [0.25, 0.3) is 0 Å². The van der Waals surface area contributed by atoms with Crippen LogP contribution in [-0.2, 0) is 11.4 Å². The van der Waals surface area contributed by atoms with Crippen LogP contribution in [0.3, 0.4) is 0 Å². The van der Waals surface area contributed by atoms with Crippen LogP contribution in [0.15, 0.2) is 4.40 Å². The fourth-order valence-electron chi connectivity index (χ4n) is 2.76. The Hall–Kier alpha value is 0.135. The van der Waals surface area contributed by atoms with Crippen LogP contribution in [0.4, 0.5) is 0 Å². The van der Waals surface area contributed by atoms with Crippen molar-refractivity contribution in [1.82, 2.24) is 4.90 Å². The summed E-state index contributed by atoms with van der Waals surface area (Å²) in [6, 6.07) is 0. The molecular weight excluding hydrogens is 265 g/mol. The predicted octanol–water partition coefficient (Wildman–Crippen LogP) is 1.11. The molecule has 0 aromatic rings. The molecule has 0 N–H and O–H groups in total. The SMILES string of the molecule is CC(C)(C)[S+]([O-])N=CC[C@@H]1CN2CCC1CC2.[B].[B].[B]. The lowest BCUT2D eigenvalue weighted by Crippen LogP contribution is -2.47. The Morgan fingerprint density at radius 1 is 1.20 bits per heavy atom. The first kappa shape index (κ1) is 22.4. The van der Waals surface area contributed by atoms with Crippen molar-refractivity contribution in [1.29, 1.82) is 0 Å². The van der Waals surface area contributed by atoms with E-state index in [1.807, 2.05) is 27.0 Å². The van der Waals surface area contributed by atoms with Crippen molar-refractivity contribution in [2.24, 2.45) is 16.2 Å². The largest absolute Gasteiger partial charge is 0.591 e. The maximum Gasteiger partial charge on any atom is 0.144 e. The first-order valence-electron chi connectivity index (χ1n) is 6.63. The molecule has 1 unspecified atom stereocenters. The molecule has 3 nitrogen and oxygen atoms in total. The number of fused-ring (bicyclic) bond motifs is 3. The van der Waals surface area contributed by atoms with Crippen molar-refractivity contribution >= 4 is 42.8 Å². The van der Waals surface area contributed by atoms with E-state index in [0.29, 0.717) is 0 Å². The van der Waals surface area contributed by atoms with Crippen LogP contribution in [0.2, 0.25) is 0 Å². The molecule has 3 fully saturated rings. The average Bonchev–Trinajstić information content (AvgIpc) is 2.29. The van der Waals surface area contributed by atoms with Gasteiger partial charge in [-0.05, 0) is 65.0 Å². The van der Waals surface area contributed by atoms with Crippen LogP contribution in [0, 0.1) is 11.8 Å². The van der Waals surface area contributed by atoms with E-state index >= 15 is 0 Å². The Morgan fingerprint density at radius 2 is 1.75 bits per heavy atom. The van der Waals surface area contributed by atoms with E-state index in [1.165, 1.54) is 32.5 Å². The standard InChI is InChI=1S/C13H24N2OS.3B/c1-13(2,3)17(16)14-7-4-12-10-15-8-5-11(12)6-9-15;;;/h7,11-12H,4-6,8-10H2,1-3H3;;;/t12-,17?;;;/m1.../s1. The highest BCUT2D eigenvalue weighted by Gasteiger charge is 2.33. The molecule has 3 aliphatic rings. The van der Waals surface area contributed by atoms with Gasteiger partial charge in [0.25, 0.3) is 0 Å². The van der Waals surface area contributed by atoms with Gasteiger partial charge in [-0.15, -0.1) is 0 Å². The van der Waals surface area contributed by atoms with Gasteiger partial charge in [0.1, 0.15) is 16.1 Å². The third-order valence-corrected chi connectivity index (χ3v) is 5.28. The third kappa shape index (κ3) is 5.86. The minimum absolute atomic E-state index is 0. The summed E-state index contributed by atoms with van der Waals surface area (Å²) in [7, 11) is 0. The Kier molecular flexibility index (Phi) is 10.3. The molecule has 0 aliphatic carbocycles. The maximum atomic E-state index is 11.8. The van der Waals surface area contributed by atoms with Gasteiger partial charge in [0.2, 0.25) is 0 Å². The summed E-state index contributed by atoms with van der Waals surface area (Å²) in [5.41, 5.74) is 0. The summed E-state index contributed by atoms with van der Waals surface area (Å²) in [6.07, 6.45) is 5.61. The lowest BCUT2D eigenvalue weighted by atomic mass is 9.78. The Bertz CT molecular complexity index is 292. The third-order valence-electron chi connectivity index (χ3n) is 3.89. The van der Waals surface area contributed by atoms with Crippen molar-refractivity contribution < 1.29 is 4.55 Å². The number of hydrogen-bond acceptors (Lipinski definition) is 3. The molecule has 2 atom stereocenters. The molecule has 9 radical (unpaired) electrons. The van der Waals surface area contributed by atoms with Crippen LogP contribution >= 0.6 is 0 Å². The summed E-state index contributed by atoms with van der Waals surface area (Å²) in [5.74, 6) is 1.63. The van der Waals surface area contributed by atoms with Crippen molar-refractivity contribution in [3.63, 3.8) is 0 Å². The molecule has 0 saturated carbocycles. The summed E-state index contributed by atoms with van der Waals surface area (Å²) in [6.45, 7) is 9.69. The van der Waals surface area contributed by atoms with E-state index in [1.54, 1.807) is 0 Å². The molecule has 0 spiro atoms. The smallest absolute Gasteiger partial charge is 0.144 e. The van der Waals surface area contributed by atoms with E-state index < -0.39 is 11.4 Å². The van der Waals surface area contributed by atoms with E-state index in [4.69, 9.17) is 0 Å². The first-order valence-corrected chi connectivity index (χ1v) is 7.74. The minimum atomic E-state index is -1.09. The molecule has 0 amide bonds. The van der Waals surface area contributed by atoms with Crippen LogP contribution in [0.5, 0.6) is 0 Å². The zero-order chi connectivity index (χ0) is 12.5. The normalized spacial score (nSPS) is 30.1. The Morgan fingerprint density at radius 3 is 2.15 bits per heavy atom. The second-order valence-corrected chi connectivity index (χ2v) is 8.22. The van der Waals surface area contributed by atoms with Gasteiger partial charge in [-0.1, -0.05) is 4.40 Å². The minimum Gasteiger partial charge on any atom is -0.591 e. The molecule has 0 aromatic carbocycles. The molecule has 0 aromatic heterocycles. The highest BCUT2D eigenvalue weighted by atomic mass is 32.2. The molecule has 3 aliphatic heterocycles. The first-order chi connectivity index (χ1) is 7.97. The van der Waals surface area contributed by atoms with E-state index in [-0.39, 0.29) is 30.0 Å². The van der Waals surface area contributed by atoms with Gasteiger partial charge >= 0.3 is 0 Å². The van der Waals surface area contributed by atoms with E-state index in [9.17, 15) is 4.55 Å². The van der Waals surface area contributed by atoms with E-state index in [0.717, 1.165) is 18.3 Å². The summed E-state index contributed by atoms with van der Waals surface area (Å²) in [5, 5.41) is 0. The van der Waals surface area contributed by atoms with E-state index in [2.05, 4.69) is 9.30 Å². The number of rotatable bonds is 3. The highest BCUT2D eigenvalue weighted by molar-refractivity contribution is 7.91. The zero-order valence-corrected chi connectivity index (χ0v) is 13.7. The molecule has 107 valence electrons. The molecule has 2 bridgehead atoms. The molecule has 3 saturated heterocycles. The fraction of sp³-hybridized carbons (Fsp3) is 0.923. The van der Waals surface area contributed by atoms with Gasteiger partial charge in [-0.3, -0.25) is 0 Å². The molecular formula is C13H24B3N2OS. The van der Waals surface area contributed by atoms with Crippen LogP contribution < -0.4 is 0 Å². The number of hydrogen-bond donors (Lipinski definition) is 0. The van der Waals surface area contributed by atoms with Crippen molar-refractivity contribution in [3.8, 4) is 0 Å². The van der Waals surface area contributed by atoms with Crippen molar-refractivity contribution in [2.75, 3.05) is 19.6 Å². The number of piperidine rings is 3. The highest BCUT2D eigenvalue weighted by Crippen LogP contribution is 2.33. The van der Waals surface area contributed by atoms with Crippen molar-refractivity contribution in [3.05, 3.63) is 0 Å². The van der Waals surface area contributed by atoms with Gasteiger partial charge in [0.15, 0.2) is 0 Å². The topological polar surface area (TPSA) is 38.7 Å². The molecule has 3 heterocycles. The zero-order valence-electron chi connectivity index (χ0n) is 12.9. The van der Waals surface area contributed by atoms with Crippen LogP contribution in [0.1, 0.15) is 40.0 Å². The molecule has 20 heavy (non-hydrogen) atoms.